The predicted molar refractivity (Wildman–Crippen MR) is 121 cm³/mol. The molecule has 1 aromatic carbocycles. The van der Waals surface area contributed by atoms with Gasteiger partial charge in [-0.1, -0.05) is 53.9 Å². The van der Waals surface area contributed by atoms with E-state index >= 15 is 0 Å². The van der Waals surface area contributed by atoms with Gasteiger partial charge in [-0.3, -0.25) is 19.1 Å². The zero-order chi connectivity index (χ0) is 19.7. The van der Waals surface area contributed by atoms with E-state index in [1.165, 1.54) is 28.4 Å². The van der Waals surface area contributed by atoms with Gasteiger partial charge in [0.15, 0.2) is 5.16 Å². The first-order valence-electron chi connectivity index (χ1n) is 8.42. The molecule has 0 radical (unpaired) electrons. The second kappa shape index (κ2) is 8.20. The minimum atomic E-state index is -0.142. The molecule has 1 aliphatic rings. The number of fused-ring (bicyclic) bond motifs is 1. The van der Waals surface area contributed by atoms with Crippen LogP contribution in [0, 0.1) is 0 Å². The minimum absolute atomic E-state index is 0.102. The molecule has 0 saturated carbocycles. The molecule has 28 heavy (non-hydrogen) atoms. The number of amides is 1. The number of thioether (sulfide) groups is 2. The van der Waals surface area contributed by atoms with Crippen molar-refractivity contribution in [2.75, 3.05) is 12.8 Å². The summed E-state index contributed by atoms with van der Waals surface area (Å²) in [5.74, 6) is -0.244. The summed E-state index contributed by atoms with van der Waals surface area (Å²) in [5.41, 5.74) is 1.56. The van der Waals surface area contributed by atoms with E-state index in [4.69, 9.17) is 12.2 Å². The maximum absolute atomic E-state index is 12.9. The normalized spacial score (nSPS) is 15.9. The van der Waals surface area contributed by atoms with E-state index in [2.05, 4.69) is 4.98 Å². The Kier molecular flexibility index (Phi) is 5.68. The average molecular weight is 446 g/mol. The lowest BCUT2D eigenvalue weighted by Crippen LogP contribution is -2.31. The molecule has 2 aromatic heterocycles. The molecular formula is C19H15N3O2S4. The number of benzene rings is 1. The van der Waals surface area contributed by atoms with E-state index in [-0.39, 0.29) is 24.8 Å². The maximum atomic E-state index is 12.9. The van der Waals surface area contributed by atoms with Gasteiger partial charge in [0.2, 0.25) is 5.91 Å². The van der Waals surface area contributed by atoms with Crippen molar-refractivity contribution in [3.05, 3.63) is 51.6 Å². The zero-order valence-corrected chi connectivity index (χ0v) is 18.1. The first-order chi connectivity index (χ1) is 13.6. The van der Waals surface area contributed by atoms with Gasteiger partial charge < -0.3 is 0 Å². The van der Waals surface area contributed by atoms with E-state index in [1.54, 1.807) is 15.9 Å². The smallest absolute Gasteiger partial charge is 0.266 e. The van der Waals surface area contributed by atoms with E-state index < -0.39 is 0 Å². The summed E-state index contributed by atoms with van der Waals surface area (Å²) in [7, 11) is 0. The van der Waals surface area contributed by atoms with E-state index in [9.17, 15) is 9.59 Å². The van der Waals surface area contributed by atoms with Gasteiger partial charge in [0.1, 0.15) is 4.32 Å². The lowest BCUT2D eigenvalue weighted by Gasteiger charge is -2.14. The fourth-order valence-electron chi connectivity index (χ4n) is 2.90. The van der Waals surface area contributed by atoms with Gasteiger partial charge in [-0.25, -0.2) is 4.98 Å². The fraction of sp³-hybridized carbons (Fsp3) is 0.158. The van der Waals surface area contributed by atoms with Crippen molar-refractivity contribution in [3.8, 4) is 0 Å². The van der Waals surface area contributed by atoms with E-state index in [0.717, 1.165) is 15.9 Å². The van der Waals surface area contributed by atoms with Crippen molar-refractivity contribution in [1.29, 1.82) is 0 Å². The Bertz CT molecular complexity index is 1100. The number of imidazole rings is 1. The van der Waals surface area contributed by atoms with Gasteiger partial charge in [0, 0.05) is 17.8 Å². The number of hydrogen-bond donors (Lipinski definition) is 0. The Morgan fingerprint density at radius 2 is 2.11 bits per heavy atom. The molecule has 0 aliphatic carbocycles. The number of hydrogen-bond acceptors (Lipinski definition) is 7. The van der Waals surface area contributed by atoms with Gasteiger partial charge in [0.05, 0.1) is 15.9 Å². The summed E-state index contributed by atoms with van der Waals surface area (Å²) in [6, 6.07) is 11.4. The summed E-state index contributed by atoms with van der Waals surface area (Å²) >= 11 is 9.63. The Morgan fingerprint density at radius 3 is 2.86 bits per heavy atom. The van der Waals surface area contributed by atoms with Gasteiger partial charge in [-0.15, -0.1) is 11.3 Å². The van der Waals surface area contributed by atoms with Gasteiger partial charge >= 0.3 is 0 Å². The van der Waals surface area contributed by atoms with Crippen LogP contribution < -0.4 is 0 Å². The third-order valence-electron chi connectivity index (χ3n) is 4.20. The van der Waals surface area contributed by atoms with Gasteiger partial charge in [0.25, 0.3) is 5.91 Å². The van der Waals surface area contributed by atoms with Crippen molar-refractivity contribution < 1.29 is 9.59 Å². The molecule has 0 N–H and O–H groups in total. The van der Waals surface area contributed by atoms with Crippen molar-refractivity contribution >= 4 is 80.3 Å². The molecule has 9 heteroatoms. The third kappa shape index (κ3) is 3.67. The lowest BCUT2D eigenvalue weighted by molar-refractivity contribution is -0.122. The molecule has 0 unspecified atom stereocenters. The second-order valence-corrected chi connectivity index (χ2v) is 9.34. The first kappa shape index (κ1) is 19.4. The second-order valence-electron chi connectivity index (χ2n) is 5.92. The predicted octanol–water partition coefficient (Wildman–Crippen LogP) is 4.75. The third-order valence-corrected chi connectivity index (χ3v) is 7.04. The van der Waals surface area contributed by atoms with Crippen molar-refractivity contribution in [3.63, 3.8) is 0 Å². The van der Waals surface area contributed by atoms with Crippen LogP contribution in [0.2, 0.25) is 0 Å². The van der Waals surface area contributed by atoms with Crippen LogP contribution in [0.15, 0.2) is 51.8 Å². The van der Waals surface area contributed by atoms with Crippen LogP contribution in [0.4, 0.5) is 0 Å². The quantitative estimate of drug-likeness (QED) is 0.321. The Balaban J connectivity index is 1.51. The fourth-order valence-corrected chi connectivity index (χ4v) is 5.50. The molecule has 5 nitrogen and oxygen atoms in total. The summed E-state index contributed by atoms with van der Waals surface area (Å²) in [6.45, 7) is 0.256. The van der Waals surface area contributed by atoms with Gasteiger partial charge in [-0.2, -0.15) is 0 Å². The monoisotopic (exact) mass is 445 g/mol. The van der Waals surface area contributed by atoms with Crippen LogP contribution in [0.1, 0.15) is 16.1 Å². The van der Waals surface area contributed by atoms with E-state index in [1.807, 2.05) is 54.1 Å². The van der Waals surface area contributed by atoms with Crippen LogP contribution in [-0.4, -0.2) is 43.4 Å². The number of aromatic nitrogens is 2. The topological polar surface area (TPSA) is 55.2 Å². The van der Waals surface area contributed by atoms with Gasteiger partial charge in [-0.05, 0) is 35.9 Å². The standard InChI is InChI=1S/C19H15N3O2S4/c1-26-18-20-13-6-2-3-7-14(13)22(18)16(23)8-9-21-17(24)15(28-19(21)25)11-12-5-4-10-27-12/h2-7,10-11H,8-9H2,1H3/b15-11-. The SMILES string of the molecule is CSc1nc2ccccc2n1C(=O)CCN1C(=O)/C(=C/c2cccs2)SC1=S. The molecule has 142 valence electrons. The first-order valence-corrected chi connectivity index (χ1v) is 11.7. The Labute approximate surface area is 179 Å². The van der Waals surface area contributed by atoms with Crippen LogP contribution in [0.25, 0.3) is 17.1 Å². The largest absolute Gasteiger partial charge is 0.292 e. The van der Waals surface area contributed by atoms with Crippen LogP contribution in [-0.2, 0) is 4.79 Å². The number of para-hydroxylation sites is 2. The zero-order valence-electron chi connectivity index (χ0n) is 14.8. The molecule has 0 bridgehead atoms. The van der Waals surface area contributed by atoms with Crippen molar-refractivity contribution in [2.24, 2.45) is 0 Å². The molecular weight excluding hydrogens is 430 g/mol. The molecule has 1 fully saturated rings. The molecule has 1 amide bonds. The highest BCUT2D eigenvalue weighted by Gasteiger charge is 2.32. The molecule has 0 spiro atoms. The summed E-state index contributed by atoms with van der Waals surface area (Å²) < 4.78 is 2.11. The van der Waals surface area contributed by atoms with Crippen LogP contribution in [0.3, 0.4) is 0 Å². The van der Waals surface area contributed by atoms with E-state index in [0.29, 0.717) is 14.4 Å². The van der Waals surface area contributed by atoms with Crippen molar-refractivity contribution in [1.82, 2.24) is 14.5 Å². The molecule has 1 aliphatic heterocycles. The summed E-state index contributed by atoms with van der Waals surface area (Å²) in [5, 5.41) is 2.61. The number of thiocarbonyl (C=S) groups is 1. The highest BCUT2D eigenvalue weighted by Crippen LogP contribution is 2.33. The van der Waals surface area contributed by atoms with Crippen LogP contribution >= 0.6 is 47.1 Å². The average Bonchev–Trinajstić information content (AvgIpc) is 3.39. The number of carbonyl (C=O) groups excluding carboxylic acids is 2. The summed E-state index contributed by atoms with van der Waals surface area (Å²) in [4.78, 5) is 33.2. The highest BCUT2D eigenvalue weighted by atomic mass is 32.2. The molecule has 1 saturated heterocycles. The minimum Gasteiger partial charge on any atom is -0.292 e. The number of nitrogens with zero attached hydrogens (tertiary/aromatic N) is 3. The Hall–Kier alpha value is -1.94. The number of thiophene rings is 1. The molecule has 3 heterocycles. The molecule has 3 aromatic rings. The van der Waals surface area contributed by atoms with Crippen LogP contribution in [0.5, 0.6) is 0 Å². The Morgan fingerprint density at radius 1 is 1.29 bits per heavy atom. The van der Waals surface area contributed by atoms with Crippen molar-refractivity contribution in [2.45, 2.75) is 11.6 Å². The maximum Gasteiger partial charge on any atom is 0.266 e. The lowest BCUT2D eigenvalue weighted by atomic mass is 10.3. The summed E-state index contributed by atoms with van der Waals surface area (Å²) in [6.07, 6.45) is 3.91. The molecule has 4 rings (SSSR count). The number of carbonyl (C=O) groups is 2. The molecule has 0 atom stereocenters. The highest BCUT2D eigenvalue weighted by molar-refractivity contribution is 8.26. The number of rotatable bonds is 5.